The van der Waals surface area contributed by atoms with E-state index in [4.69, 9.17) is 17.3 Å². The average Bonchev–Trinajstić information content (AvgIpc) is 2.28. The zero-order valence-electron chi connectivity index (χ0n) is 10.4. The quantitative estimate of drug-likeness (QED) is 0.900. The second-order valence-corrected chi connectivity index (χ2v) is 4.88. The number of carbonyl (C=O) groups excluding carboxylic acids is 1. The van der Waals surface area contributed by atoms with Crippen LogP contribution in [0.2, 0.25) is 5.02 Å². The standard InChI is InChI=1S/C12H14ClF3N2O/c1-7(8-3-5-9(13)6-4-8)18-10(19)11(2,17)12(14,15)16/h3-7H,17H2,1-2H3,(H,18,19). The lowest BCUT2D eigenvalue weighted by Gasteiger charge is -2.28. The van der Waals surface area contributed by atoms with Crippen LogP contribution in [0.5, 0.6) is 0 Å². The molecule has 1 aromatic rings. The van der Waals surface area contributed by atoms with Crippen molar-refractivity contribution in [1.82, 2.24) is 5.32 Å². The number of nitrogens with one attached hydrogen (secondary N) is 1. The summed E-state index contributed by atoms with van der Waals surface area (Å²) < 4.78 is 37.8. The summed E-state index contributed by atoms with van der Waals surface area (Å²) in [4.78, 5) is 11.6. The molecule has 3 N–H and O–H groups in total. The first-order valence-corrected chi connectivity index (χ1v) is 5.85. The highest BCUT2D eigenvalue weighted by molar-refractivity contribution is 6.30. The Balaban J connectivity index is 2.80. The maximum Gasteiger partial charge on any atom is 0.415 e. The summed E-state index contributed by atoms with van der Waals surface area (Å²) in [6.45, 7) is 2.20. The van der Waals surface area contributed by atoms with Crippen molar-refractivity contribution < 1.29 is 18.0 Å². The van der Waals surface area contributed by atoms with E-state index in [1.165, 1.54) is 0 Å². The number of nitrogens with two attached hydrogens (primary N) is 1. The first-order chi connectivity index (χ1) is 8.55. The third kappa shape index (κ3) is 3.61. The number of halogens is 4. The van der Waals surface area contributed by atoms with Gasteiger partial charge in [-0.15, -0.1) is 0 Å². The van der Waals surface area contributed by atoms with Crippen LogP contribution in [0, 0.1) is 0 Å². The smallest absolute Gasteiger partial charge is 0.348 e. The molecule has 0 aliphatic carbocycles. The van der Waals surface area contributed by atoms with Crippen molar-refractivity contribution in [3.63, 3.8) is 0 Å². The van der Waals surface area contributed by atoms with Gasteiger partial charge in [-0.05, 0) is 31.5 Å². The third-order valence-corrected chi connectivity index (χ3v) is 3.03. The van der Waals surface area contributed by atoms with Gasteiger partial charge in [0.15, 0.2) is 5.54 Å². The maximum absolute atomic E-state index is 12.6. The summed E-state index contributed by atoms with van der Waals surface area (Å²) in [6.07, 6.45) is -4.81. The molecular formula is C12H14ClF3N2O. The molecule has 19 heavy (non-hydrogen) atoms. The molecule has 0 saturated heterocycles. The molecule has 0 radical (unpaired) electrons. The maximum atomic E-state index is 12.6. The predicted molar refractivity (Wildman–Crippen MR) is 66.7 cm³/mol. The summed E-state index contributed by atoms with van der Waals surface area (Å²) in [7, 11) is 0. The second-order valence-electron chi connectivity index (χ2n) is 4.45. The number of rotatable bonds is 3. The largest absolute Gasteiger partial charge is 0.415 e. The van der Waals surface area contributed by atoms with Crippen LogP contribution in [-0.4, -0.2) is 17.6 Å². The van der Waals surface area contributed by atoms with Crippen LogP contribution >= 0.6 is 11.6 Å². The van der Waals surface area contributed by atoms with Crippen LogP contribution in [0.4, 0.5) is 13.2 Å². The van der Waals surface area contributed by atoms with E-state index in [0.717, 1.165) is 0 Å². The van der Waals surface area contributed by atoms with E-state index in [-0.39, 0.29) is 0 Å². The number of carbonyl (C=O) groups is 1. The van der Waals surface area contributed by atoms with Gasteiger partial charge in [-0.2, -0.15) is 13.2 Å². The van der Waals surface area contributed by atoms with Gasteiger partial charge >= 0.3 is 6.18 Å². The number of hydrogen-bond acceptors (Lipinski definition) is 2. The van der Waals surface area contributed by atoms with E-state index in [1.807, 2.05) is 0 Å². The summed E-state index contributed by atoms with van der Waals surface area (Å²) in [5.74, 6) is -1.28. The lowest BCUT2D eigenvalue weighted by Crippen LogP contribution is -2.61. The fraction of sp³-hybridized carbons (Fsp3) is 0.417. The first-order valence-electron chi connectivity index (χ1n) is 5.47. The zero-order valence-corrected chi connectivity index (χ0v) is 11.1. The Morgan fingerprint density at radius 3 is 2.21 bits per heavy atom. The Morgan fingerprint density at radius 2 is 1.79 bits per heavy atom. The molecule has 106 valence electrons. The molecule has 1 aromatic carbocycles. The van der Waals surface area contributed by atoms with Gasteiger partial charge in [0.05, 0.1) is 6.04 Å². The Hall–Kier alpha value is -1.27. The Bertz CT molecular complexity index is 457. The zero-order chi connectivity index (χ0) is 14.8. The summed E-state index contributed by atoms with van der Waals surface area (Å²) in [5.41, 5.74) is 2.74. The minimum atomic E-state index is -4.81. The lowest BCUT2D eigenvalue weighted by molar-refractivity contribution is -0.187. The average molecular weight is 295 g/mol. The van der Waals surface area contributed by atoms with Crippen molar-refractivity contribution in [2.24, 2.45) is 5.73 Å². The van der Waals surface area contributed by atoms with Gasteiger partial charge in [-0.1, -0.05) is 23.7 Å². The highest BCUT2D eigenvalue weighted by Gasteiger charge is 2.54. The van der Waals surface area contributed by atoms with E-state index >= 15 is 0 Å². The van der Waals surface area contributed by atoms with E-state index in [0.29, 0.717) is 17.5 Å². The van der Waals surface area contributed by atoms with Crippen molar-refractivity contribution in [1.29, 1.82) is 0 Å². The Labute approximate surface area is 113 Å². The van der Waals surface area contributed by atoms with Gasteiger partial charge in [-0.3, -0.25) is 4.79 Å². The summed E-state index contributed by atoms with van der Waals surface area (Å²) >= 11 is 5.70. The molecule has 0 aliphatic heterocycles. The van der Waals surface area contributed by atoms with Gasteiger partial charge in [-0.25, -0.2) is 0 Å². The predicted octanol–water partition coefficient (Wildman–Crippen LogP) is 2.80. The number of alkyl halides is 3. The Kier molecular flexibility index (Phi) is 4.47. The van der Waals surface area contributed by atoms with Gasteiger partial charge in [0.25, 0.3) is 0 Å². The van der Waals surface area contributed by atoms with Crippen LogP contribution in [-0.2, 0) is 4.79 Å². The molecule has 7 heteroatoms. The molecular weight excluding hydrogens is 281 g/mol. The molecule has 3 nitrogen and oxygen atoms in total. The summed E-state index contributed by atoms with van der Waals surface area (Å²) in [6, 6.07) is 5.81. The van der Waals surface area contributed by atoms with Crippen molar-refractivity contribution in [2.75, 3.05) is 0 Å². The normalized spacial score (nSPS) is 16.6. The van der Waals surface area contributed by atoms with Gasteiger partial charge in [0.1, 0.15) is 0 Å². The molecule has 0 spiro atoms. The number of benzene rings is 1. The second kappa shape index (κ2) is 5.38. The fourth-order valence-electron chi connectivity index (χ4n) is 1.31. The highest BCUT2D eigenvalue weighted by atomic mass is 35.5. The topological polar surface area (TPSA) is 55.1 Å². The van der Waals surface area contributed by atoms with E-state index in [9.17, 15) is 18.0 Å². The minimum absolute atomic E-state index is 0.501. The molecule has 0 aromatic heterocycles. The Morgan fingerprint density at radius 1 is 1.32 bits per heavy atom. The first kappa shape index (κ1) is 15.8. The van der Waals surface area contributed by atoms with Crippen LogP contribution in [0.15, 0.2) is 24.3 Å². The molecule has 0 saturated carbocycles. The van der Waals surface area contributed by atoms with Crippen molar-refractivity contribution in [2.45, 2.75) is 31.6 Å². The van der Waals surface area contributed by atoms with Crippen molar-refractivity contribution in [3.05, 3.63) is 34.9 Å². The van der Waals surface area contributed by atoms with Crippen LogP contribution in [0.1, 0.15) is 25.5 Å². The molecule has 0 heterocycles. The van der Waals surface area contributed by atoms with Gasteiger partial charge < -0.3 is 11.1 Å². The number of hydrogen-bond donors (Lipinski definition) is 2. The monoisotopic (exact) mass is 294 g/mol. The SMILES string of the molecule is CC(NC(=O)C(C)(N)C(F)(F)F)c1ccc(Cl)cc1. The van der Waals surface area contributed by atoms with Crippen LogP contribution in [0.3, 0.4) is 0 Å². The van der Waals surface area contributed by atoms with E-state index in [1.54, 1.807) is 31.2 Å². The fourth-order valence-corrected chi connectivity index (χ4v) is 1.44. The highest BCUT2D eigenvalue weighted by Crippen LogP contribution is 2.28. The number of amides is 1. The third-order valence-electron chi connectivity index (χ3n) is 2.78. The van der Waals surface area contributed by atoms with E-state index < -0.39 is 23.7 Å². The van der Waals surface area contributed by atoms with E-state index in [2.05, 4.69) is 5.32 Å². The van der Waals surface area contributed by atoms with Gasteiger partial charge in [0.2, 0.25) is 5.91 Å². The molecule has 0 bridgehead atoms. The molecule has 0 fully saturated rings. The van der Waals surface area contributed by atoms with Crippen molar-refractivity contribution >= 4 is 17.5 Å². The summed E-state index contributed by atoms with van der Waals surface area (Å²) in [5, 5.41) is 2.74. The van der Waals surface area contributed by atoms with Crippen LogP contribution < -0.4 is 11.1 Å². The molecule has 2 unspecified atom stereocenters. The minimum Gasteiger partial charge on any atom is -0.348 e. The molecule has 1 rings (SSSR count). The van der Waals surface area contributed by atoms with Crippen LogP contribution in [0.25, 0.3) is 0 Å². The molecule has 2 atom stereocenters. The lowest BCUT2D eigenvalue weighted by atomic mass is 10.0. The van der Waals surface area contributed by atoms with Crippen molar-refractivity contribution in [3.8, 4) is 0 Å². The van der Waals surface area contributed by atoms with Gasteiger partial charge in [0, 0.05) is 5.02 Å². The molecule has 0 aliphatic rings. The molecule has 1 amide bonds.